The zero-order valence-electron chi connectivity index (χ0n) is 15.4. The second-order valence-electron chi connectivity index (χ2n) is 9.22. The van der Waals surface area contributed by atoms with Crippen molar-refractivity contribution in [1.82, 2.24) is 0 Å². The van der Waals surface area contributed by atoms with E-state index < -0.39 is 0 Å². The lowest BCUT2D eigenvalue weighted by Crippen LogP contribution is -2.52. The van der Waals surface area contributed by atoms with Gasteiger partial charge >= 0.3 is 5.97 Å². The molecule has 4 aliphatic carbocycles. The molecule has 0 amide bonds. The molecular formula is C22H27NO3. The molecule has 1 heterocycles. The Bertz CT molecular complexity index is 778. The summed E-state index contributed by atoms with van der Waals surface area (Å²) in [4.78, 5) is 11.8. The molecular weight excluding hydrogens is 326 g/mol. The number of rotatable bonds is 0. The first-order valence-electron chi connectivity index (χ1n) is 10.0. The molecule has 3 unspecified atom stereocenters. The summed E-state index contributed by atoms with van der Waals surface area (Å²) >= 11 is 0. The van der Waals surface area contributed by atoms with E-state index in [0.29, 0.717) is 23.7 Å². The van der Waals surface area contributed by atoms with E-state index in [4.69, 9.17) is 9.94 Å². The standard InChI is InChI=1S/C22H27NO3/c1-13-11-18-16(15-4-3-14(23-25)12-17(13)15)5-8-21(2)19(18)6-9-22(21)10-7-20(24)26-22/h7,10,12,15-16,18-19,25H,1,3-6,8-9,11H2,2H3/b23-14-/t15-,16?,18?,19?,21+,22-/m1/s1. The van der Waals surface area contributed by atoms with E-state index in [1.54, 1.807) is 6.08 Å². The quantitative estimate of drug-likeness (QED) is 0.399. The molecule has 0 aromatic rings. The Balaban J connectivity index is 1.49. The van der Waals surface area contributed by atoms with Gasteiger partial charge in [-0.15, -0.1) is 0 Å². The Hall–Kier alpha value is -1.84. The number of carbonyl (C=O) groups is 1. The van der Waals surface area contributed by atoms with E-state index in [2.05, 4.69) is 30.8 Å². The fourth-order valence-electron chi connectivity index (χ4n) is 7.14. The normalized spacial score (nSPS) is 48.2. The maximum Gasteiger partial charge on any atom is 0.331 e. The molecule has 0 aromatic carbocycles. The third kappa shape index (κ3) is 1.96. The Morgan fingerprint density at radius 1 is 1.27 bits per heavy atom. The van der Waals surface area contributed by atoms with E-state index >= 15 is 0 Å². The minimum absolute atomic E-state index is 0.0463. The molecule has 1 N–H and O–H groups in total. The van der Waals surface area contributed by atoms with Crippen LogP contribution in [-0.2, 0) is 9.53 Å². The molecule has 0 saturated heterocycles. The van der Waals surface area contributed by atoms with Crippen LogP contribution in [0.25, 0.3) is 0 Å². The summed E-state index contributed by atoms with van der Waals surface area (Å²) in [6.45, 7) is 6.75. The van der Waals surface area contributed by atoms with Crippen LogP contribution in [0.5, 0.6) is 0 Å². The zero-order valence-corrected chi connectivity index (χ0v) is 15.4. The van der Waals surface area contributed by atoms with E-state index in [-0.39, 0.29) is 17.0 Å². The summed E-state index contributed by atoms with van der Waals surface area (Å²) in [6.07, 6.45) is 13.1. The minimum atomic E-state index is -0.375. The average molecular weight is 353 g/mol. The van der Waals surface area contributed by atoms with Gasteiger partial charge in [-0.05, 0) is 86.3 Å². The van der Waals surface area contributed by atoms with Crippen LogP contribution < -0.4 is 0 Å². The van der Waals surface area contributed by atoms with Crippen LogP contribution in [0, 0.1) is 29.1 Å². The Morgan fingerprint density at radius 2 is 2.12 bits per heavy atom. The van der Waals surface area contributed by atoms with Crippen molar-refractivity contribution in [3.05, 3.63) is 36.0 Å². The van der Waals surface area contributed by atoms with Crippen LogP contribution >= 0.6 is 0 Å². The molecule has 5 rings (SSSR count). The molecule has 138 valence electrons. The third-order valence-electron chi connectivity index (χ3n) is 8.42. The van der Waals surface area contributed by atoms with E-state index in [0.717, 1.165) is 44.2 Å². The van der Waals surface area contributed by atoms with Crippen LogP contribution in [0.2, 0.25) is 0 Å². The van der Waals surface area contributed by atoms with Crippen molar-refractivity contribution in [2.24, 2.45) is 34.2 Å². The maximum absolute atomic E-state index is 11.8. The number of nitrogens with zero attached hydrogens (tertiary/aromatic N) is 1. The number of esters is 1. The number of ether oxygens (including phenoxy) is 1. The second kappa shape index (κ2) is 5.34. The van der Waals surface area contributed by atoms with Gasteiger partial charge in [0, 0.05) is 11.5 Å². The molecule has 0 radical (unpaired) electrons. The fraction of sp³-hybridized carbons (Fsp3) is 0.636. The van der Waals surface area contributed by atoms with Gasteiger partial charge in [-0.2, -0.15) is 0 Å². The minimum Gasteiger partial charge on any atom is -0.451 e. The number of oxime groups is 1. The Kier molecular flexibility index (Phi) is 3.35. The Morgan fingerprint density at radius 3 is 2.85 bits per heavy atom. The lowest BCUT2D eigenvalue weighted by Gasteiger charge is -2.55. The summed E-state index contributed by atoms with van der Waals surface area (Å²) in [7, 11) is 0. The molecule has 5 aliphatic rings. The van der Waals surface area contributed by atoms with Crippen LogP contribution in [-0.4, -0.2) is 22.5 Å². The molecule has 6 atom stereocenters. The molecule has 4 heteroatoms. The lowest BCUT2D eigenvalue weighted by atomic mass is 9.50. The third-order valence-corrected chi connectivity index (χ3v) is 8.42. The number of hydrogen-bond acceptors (Lipinski definition) is 4. The smallest absolute Gasteiger partial charge is 0.331 e. The molecule has 0 bridgehead atoms. The molecule has 3 saturated carbocycles. The van der Waals surface area contributed by atoms with Gasteiger partial charge in [0.2, 0.25) is 0 Å². The van der Waals surface area contributed by atoms with Gasteiger partial charge in [0.25, 0.3) is 0 Å². The van der Waals surface area contributed by atoms with Crippen LogP contribution in [0.15, 0.2) is 41.1 Å². The predicted octanol–water partition coefficient (Wildman–Crippen LogP) is 4.41. The number of hydrogen-bond donors (Lipinski definition) is 1. The largest absolute Gasteiger partial charge is 0.451 e. The van der Waals surface area contributed by atoms with Crippen molar-refractivity contribution in [1.29, 1.82) is 0 Å². The summed E-state index contributed by atoms with van der Waals surface area (Å²) < 4.78 is 5.90. The van der Waals surface area contributed by atoms with Crippen LogP contribution in [0.1, 0.15) is 51.9 Å². The maximum atomic E-state index is 11.8. The topological polar surface area (TPSA) is 58.9 Å². The number of fused-ring (bicyclic) bond motifs is 6. The first-order valence-corrected chi connectivity index (χ1v) is 10.0. The fourth-order valence-corrected chi connectivity index (χ4v) is 7.14. The summed E-state index contributed by atoms with van der Waals surface area (Å²) in [5, 5.41) is 12.6. The van der Waals surface area contributed by atoms with Gasteiger partial charge < -0.3 is 9.94 Å². The number of carbonyl (C=O) groups excluding carboxylic acids is 1. The van der Waals surface area contributed by atoms with Gasteiger partial charge in [0.15, 0.2) is 0 Å². The highest BCUT2D eigenvalue weighted by Gasteiger charge is 2.64. The van der Waals surface area contributed by atoms with Crippen LogP contribution in [0.4, 0.5) is 0 Å². The van der Waals surface area contributed by atoms with Crippen molar-refractivity contribution < 1.29 is 14.7 Å². The summed E-state index contributed by atoms with van der Waals surface area (Å²) in [5.41, 5.74) is 3.01. The van der Waals surface area contributed by atoms with Crippen molar-refractivity contribution in [2.75, 3.05) is 0 Å². The SMILES string of the molecule is C=C1CC2C(CC[C@@]3(C)C2CC[C@@]32C=CC(=O)O2)[C@H]2CC/C(=N/O)C=C12. The monoisotopic (exact) mass is 353 g/mol. The van der Waals surface area contributed by atoms with E-state index in [1.807, 2.05) is 0 Å². The first kappa shape index (κ1) is 16.3. The highest BCUT2D eigenvalue weighted by atomic mass is 16.6. The highest BCUT2D eigenvalue weighted by Crippen LogP contribution is 2.67. The van der Waals surface area contributed by atoms with E-state index in [9.17, 15) is 4.79 Å². The lowest BCUT2D eigenvalue weighted by molar-refractivity contribution is -0.160. The summed E-state index contributed by atoms with van der Waals surface area (Å²) in [5.74, 6) is 2.28. The second-order valence-corrected chi connectivity index (χ2v) is 9.22. The Labute approximate surface area is 154 Å². The van der Waals surface area contributed by atoms with E-state index in [1.165, 1.54) is 17.6 Å². The van der Waals surface area contributed by atoms with Crippen molar-refractivity contribution in [3.8, 4) is 0 Å². The van der Waals surface area contributed by atoms with Crippen molar-refractivity contribution in [3.63, 3.8) is 0 Å². The molecule has 4 nitrogen and oxygen atoms in total. The van der Waals surface area contributed by atoms with Crippen molar-refractivity contribution >= 4 is 11.7 Å². The zero-order chi connectivity index (χ0) is 18.1. The molecule has 26 heavy (non-hydrogen) atoms. The van der Waals surface area contributed by atoms with Gasteiger partial charge in [-0.3, -0.25) is 0 Å². The molecule has 0 aromatic heterocycles. The molecule has 1 spiro atoms. The highest BCUT2D eigenvalue weighted by molar-refractivity contribution is 5.96. The van der Waals surface area contributed by atoms with Gasteiger partial charge in [-0.25, -0.2) is 4.79 Å². The molecule has 1 aliphatic heterocycles. The van der Waals surface area contributed by atoms with Gasteiger partial charge in [-0.1, -0.05) is 24.2 Å². The van der Waals surface area contributed by atoms with Gasteiger partial charge in [0.05, 0.1) is 5.71 Å². The molecule has 3 fully saturated rings. The van der Waals surface area contributed by atoms with Crippen molar-refractivity contribution in [2.45, 2.75) is 57.5 Å². The first-order chi connectivity index (χ1) is 12.5. The predicted molar refractivity (Wildman–Crippen MR) is 98.8 cm³/mol. The van der Waals surface area contributed by atoms with Crippen LogP contribution in [0.3, 0.4) is 0 Å². The summed E-state index contributed by atoms with van der Waals surface area (Å²) in [6, 6.07) is 0. The van der Waals surface area contributed by atoms with Gasteiger partial charge in [0.1, 0.15) is 5.60 Å². The average Bonchev–Trinajstić information content (AvgIpc) is 3.16. The number of allylic oxidation sites excluding steroid dienone is 3.